The number of fused-ring (bicyclic) bond motifs is 1. The molecule has 42 heavy (non-hydrogen) atoms. The third-order valence-corrected chi connectivity index (χ3v) is 11.0. The number of hydrogen-bond acceptors (Lipinski definition) is 6. The number of likely N-dealkylation sites (tertiary alicyclic amines) is 1. The number of allylic oxidation sites excluding steroid dienone is 1. The van der Waals surface area contributed by atoms with E-state index in [0.717, 1.165) is 47.9 Å². The number of carbonyl (C=O) groups is 2. The Morgan fingerprint density at radius 3 is 2.21 bits per heavy atom. The first-order chi connectivity index (χ1) is 20.1. The average molecular weight is 627 g/mol. The normalized spacial score (nSPS) is 28.0. The van der Waals surface area contributed by atoms with Gasteiger partial charge in [0.05, 0.1) is 10.9 Å². The molecular formula is C32H37Cl2N5O2S. The van der Waals surface area contributed by atoms with Gasteiger partial charge in [-0.25, -0.2) is 4.99 Å². The summed E-state index contributed by atoms with van der Waals surface area (Å²) in [6.07, 6.45) is 2.37. The van der Waals surface area contributed by atoms with Crippen molar-refractivity contribution in [2.45, 2.75) is 63.7 Å². The number of halogens is 2. The molecule has 0 aromatic heterocycles. The molecule has 6 rings (SSSR count). The molecule has 2 aromatic rings. The van der Waals surface area contributed by atoms with E-state index in [2.05, 4.69) is 30.7 Å². The molecule has 7 nitrogen and oxygen atoms in total. The highest BCUT2D eigenvalue weighted by atomic mass is 35.5. The maximum Gasteiger partial charge on any atom is 0.263 e. The van der Waals surface area contributed by atoms with Gasteiger partial charge in [-0.15, -0.1) is 0 Å². The molecule has 0 saturated carbocycles. The summed E-state index contributed by atoms with van der Waals surface area (Å²) in [6, 6.07) is 15.1. The molecule has 0 N–H and O–H groups in total. The van der Waals surface area contributed by atoms with Crippen molar-refractivity contribution >= 4 is 51.9 Å². The van der Waals surface area contributed by atoms with E-state index in [0.29, 0.717) is 34.5 Å². The second kappa shape index (κ2) is 11.5. The fourth-order valence-corrected chi connectivity index (χ4v) is 8.32. The van der Waals surface area contributed by atoms with Gasteiger partial charge in [-0.1, -0.05) is 54.4 Å². The monoisotopic (exact) mass is 625 g/mol. The van der Waals surface area contributed by atoms with Crippen molar-refractivity contribution < 1.29 is 9.59 Å². The van der Waals surface area contributed by atoms with E-state index in [1.807, 2.05) is 65.3 Å². The second-order valence-corrected chi connectivity index (χ2v) is 13.7. The number of carbonyl (C=O) groups excluding carboxylic acids is 2. The average Bonchev–Trinajstić information content (AvgIpc) is 3.64. The van der Waals surface area contributed by atoms with E-state index in [4.69, 9.17) is 28.2 Å². The Morgan fingerprint density at radius 2 is 1.60 bits per heavy atom. The molecule has 0 radical (unpaired) electrons. The van der Waals surface area contributed by atoms with E-state index in [-0.39, 0.29) is 23.9 Å². The zero-order valence-electron chi connectivity index (χ0n) is 24.5. The quantitative estimate of drug-likeness (QED) is 0.399. The fraction of sp³-hybridized carbons (Fsp3) is 0.469. The summed E-state index contributed by atoms with van der Waals surface area (Å²) in [4.78, 5) is 42.4. The van der Waals surface area contributed by atoms with Gasteiger partial charge in [-0.2, -0.15) is 0 Å². The van der Waals surface area contributed by atoms with Gasteiger partial charge in [0.2, 0.25) is 5.91 Å². The number of hydrogen-bond donors (Lipinski definition) is 0. The molecule has 2 amide bonds. The lowest BCUT2D eigenvalue weighted by atomic mass is 9.81. The molecule has 4 aliphatic rings. The van der Waals surface area contributed by atoms with Gasteiger partial charge in [-0.3, -0.25) is 9.59 Å². The number of amidine groups is 1. The van der Waals surface area contributed by atoms with Crippen LogP contribution in [-0.2, 0) is 15.1 Å². The van der Waals surface area contributed by atoms with Crippen LogP contribution in [0.1, 0.15) is 57.2 Å². The summed E-state index contributed by atoms with van der Waals surface area (Å²) in [5, 5.41) is 2.13. The maximum absolute atomic E-state index is 14.4. The van der Waals surface area contributed by atoms with Crippen molar-refractivity contribution in [2.24, 2.45) is 4.99 Å². The molecule has 0 aliphatic carbocycles. The lowest BCUT2D eigenvalue weighted by Gasteiger charge is -2.37. The van der Waals surface area contributed by atoms with Crippen LogP contribution in [-0.4, -0.2) is 81.9 Å². The van der Waals surface area contributed by atoms with Crippen LogP contribution in [0.3, 0.4) is 0 Å². The summed E-state index contributed by atoms with van der Waals surface area (Å²) < 4.78 is 0. The fourth-order valence-electron chi connectivity index (χ4n) is 6.87. The van der Waals surface area contributed by atoms with Crippen molar-refractivity contribution in [2.75, 3.05) is 33.2 Å². The van der Waals surface area contributed by atoms with Gasteiger partial charge < -0.3 is 19.6 Å². The number of benzene rings is 2. The van der Waals surface area contributed by atoms with Gasteiger partial charge in [-0.05, 0) is 87.3 Å². The van der Waals surface area contributed by atoms with Crippen molar-refractivity contribution in [3.05, 3.63) is 80.3 Å². The summed E-state index contributed by atoms with van der Waals surface area (Å²) in [6.45, 7) is 9.37. The Labute approximate surface area is 262 Å². The molecule has 2 fully saturated rings. The van der Waals surface area contributed by atoms with Crippen LogP contribution in [0.2, 0.25) is 10.0 Å². The predicted molar refractivity (Wildman–Crippen MR) is 171 cm³/mol. The SMILES string of the molecule is CC[C@@H]1CC[C@@H](C(=O)N2CCN(C)CC2)N1C(=O)C1=C(C)N2C(=N[C@@](C)(c3ccc(Cl)cc3)[C@H]2c2ccc(Cl)cc2)S1. The van der Waals surface area contributed by atoms with Crippen molar-refractivity contribution in [1.82, 2.24) is 19.6 Å². The maximum atomic E-state index is 14.4. The molecule has 0 spiro atoms. The van der Waals surface area contributed by atoms with E-state index in [9.17, 15) is 9.59 Å². The van der Waals surface area contributed by atoms with E-state index < -0.39 is 11.6 Å². The molecule has 0 bridgehead atoms. The highest BCUT2D eigenvalue weighted by Gasteiger charge is 2.53. The van der Waals surface area contributed by atoms with E-state index in [1.165, 1.54) is 11.8 Å². The first kappa shape index (κ1) is 29.5. The lowest BCUT2D eigenvalue weighted by Crippen LogP contribution is -2.54. The third-order valence-electron chi connectivity index (χ3n) is 9.32. The van der Waals surface area contributed by atoms with Crippen LogP contribution in [0.5, 0.6) is 0 Å². The van der Waals surface area contributed by atoms with Crippen LogP contribution in [0.4, 0.5) is 0 Å². The van der Waals surface area contributed by atoms with E-state index >= 15 is 0 Å². The summed E-state index contributed by atoms with van der Waals surface area (Å²) >= 11 is 13.9. The Bertz CT molecular complexity index is 1440. The summed E-state index contributed by atoms with van der Waals surface area (Å²) in [5.74, 6) is 0.0234. The Morgan fingerprint density at radius 1 is 0.976 bits per heavy atom. The molecule has 4 atom stereocenters. The van der Waals surface area contributed by atoms with Gasteiger partial charge in [0.15, 0.2) is 5.17 Å². The molecule has 4 aliphatic heterocycles. The molecule has 2 aromatic carbocycles. The van der Waals surface area contributed by atoms with Crippen molar-refractivity contribution in [3.8, 4) is 0 Å². The van der Waals surface area contributed by atoms with Crippen LogP contribution in [0.15, 0.2) is 64.1 Å². The number of likely N-dealkylation sites (N-methyl/N-ethyl adjacent to an activating group) is 1. The summed E-state index contributed by atoms with van der Waals surface area (Å²) in [7, 11) is 2.08. The number of amides is 2. The zero-order valence-corrected chi connectivity index (χ0v) is 26.8. The third kappa shape index (κ3) is 5.04. The number of piperazine rings is 1. The standard InChI is InChI=1S/C32H37Cl2N5O2S/c1-5-25-14-15-26(29(40)37-18-16-36(4)17-19-37)39(25)30(41)27-20(2)38-28(21-6-10-23(33)11-7-21)32(3,35-31(38)42-27)22-8-12-24(34)13-9-22/h6-13,25-26,28H,5,14-19H2,1-4H3/t25-,26+,28-,32+/m1/s1. The Kier molecular flexibility index (Phi) is 8.11. The number of nitrogens with zero attached hydrogens (tertiary/aromatic N) is 5. The minimum absolute atomic E-state index is 0.0450. The highest BCUT2D eigenvalue weighted by Crippen LogP contribution is 2.55. The van der Waals surface area contributed by atoms with Gasteiger partial charge in [0.1, 0.15) is 11.6 Å². The predicted octanol–water partition coefficient (Wildman–Crippen LogP) is 6.14. The Hall–Kier alpha value is -2.52. The van der Waals surface area contributed by atoms with Crippen LogP contribution in [0, 0.1) is 0 Å². The first-order valence-electron chi connectivity index (χ1n) is 14.7. The van der Waals surface area contributed by atoms with Crippen LogP contribution < -0.4 is 0 Å². The minimum atomic E-state index is -0.615. The largest absolute Gasteiger partial charge is 0.338 e. The first-order valence-corrected chi connectivity index (χ1v) is 16.3. The van der Waals surface area contributed by atoms with E-state index in [1.54, 1.807) is 0 Å². The molecule has 222 valence electrons. The van der Waals surface area contributed by atoms with Gasteiger partial charge >= 0.3 is 0 Å². The minimum Gasteiger partial charge on any atom is -0.338 e. The molecular weight excluding hydrogens is 589 g/mol. The van der Waals surface area contributed by atoms with Crippen LogP contribution in [0.25, 0.3) is 0 Å². The highest BCUT2D eigenvalue weighted by molar-refractivity contribution is 8.18. The number of aliphatic imine (C=N–C) groups is 1. The van der Waals surface area contributed by atoms with Crippen LogP contribution >= 0.6 is 35.0 Å². The van der Waals surface area contributed by atoms with Gasteiger partial charge in [0.25, 0.3) is 5.91 Å². The smallest absolute Gasteiger partial charge is 0.263 e. The topological polar surface area (TPSA) is 59.5 Å². The second-order valence-electron chi connectivity index (χ2n) is 11.9. The molecule has 4 heterocycles. The lowest BCUT2D eigenvalue weighted by molar-refractivity contribution is -0.144. The zero-order chi connectivity index (χ0) is 29.8. The number of thioether (sulfide) groups is 1. The molecule has 0 unspecified atom stereocenters. The van der Waals surface area contributed by atoms with Gasteiger partial charge in [0, 0.05) is 48.0 Å². The van der Waals surface area contributed by atoms with Crippen molar-refractivity contribution in [1.29, 1.82) is 0 Å². The molecule has 10 heteroatoms. The van der Waals surface area contributed by atoms with Crippen molar-refractivity contribution in [3.63, 3.8) is 0 Å². The number of rotatable bonds is 5. The summed E-state index contributed by atoms with van der Waals surface area (Å²) in [5.41, 5.74) is 2.35. The molecule has 2 saturated heterocycles. The Balaban J connectivity index is 1.35.